The van der Waals surface area contributed by atoms with Gasteiger partial charge in [-0.2, -0.15) is 0 Å². The number of halogens is 1. The van der Waals surface area contributed by atoms with Crippen LogP contribution in [0.15, 0.2) is 66.7 Å². The lowest BCUT2D eigenvalue weighted by molar-refractivity contribution is 0.305. The molecule has 0 aromatic heterocycles. The molecule has 0 spiro atoms. The van der Waals surface area contributed by atoms with Gasteiger partial charge in [-0.05, 0) is 59.6 Å². The molecule has 3 aromatic rings. The van der Waals surface area contributed by atoms with E-state index in [-0.39, 0.29) is 5.82 Å². The maximum Gasteiger partial charge on any atom is 0.134 e. The van der Waals surface area contributed by atoms with E-state index in [9.17, 15) is 4.39 Å². The molecule has 0 aliphatic rings. The van der Waals surface area contributed by atoms with E-state index in [1.165, 1.54) is 36.5 Å². The van der Waals surface area contributed by atoms with Crippen LogP contribution in [0, 0.1) is 11.7 Å². The number of hydrogen-bond acceptors (Lipinski definition) is 1. The molecule has 3 rings (SSSR count). The molecule has 1 atom stereocenters. The highest BCUT2D eigenvalue weighted by atomic mass is 19.1. The second-order valence-corrected chi connectivity index (χ2v) is 8.88. The van der Waals surface area contributed by atoms with Crippen molar-refractivity contribution in [3.8, 4) is 28.0 Å². The fourth-order valence-corrected chi connectivity index (χ4v) is 3.93. The molecule has 0 heterocycles. The SMILES string of the molecule is CCCCCOc1ccc(-c2ccc(-c3ccc(CCCC(C)CC)cc3)cc2)c(F)c1. The zero-order valence-electron chi connectivity index (χ0n) is 19.9. The molecule has 0 aliphatic heterocycles. The predicted octanol–water partition coefficient (Wildman–Crippen LogP) is 9.10. The van der Waals surface area contributed by atoms with Gasteiger partial charge in [0.1, 0.15) is 11.6 Å². The average Bonchev–Trinajstić information content (AvgIpc) is 2.82. The van der Waals surface area contributed by atoms with Crippen LogP contribution in [0.4, 0.5) is 4.39 Å². The van der Waals surface area contributed by atoms with Crippen LogP contribution in [0.2, 0.25) is 0 Å². The van der Waals surface area contributed by atoms with Crippen molar-refractivity contribution in [2.45, 2.75) is 65.7 Å². The number of unbranched alkanes of at least 4 members (excludes halogenated alkanes) is 2. The van der Waals surface area contributed by atoms with Crippen LogP contribution in [-0.4, -0.2) is 6.61 Å². The Labute approximate surface area is 193 Å². The van der Waals surface area contributed by atoms with E-state index >= 15 is 0 Å². The van der Waals surface area contributed by atoms with Crippen molar-refractivity contribution in [1.29, 1.82) is 0 Å². The number of hydrogen-bond donors (Lipinski definition) is 0. The summed E-state index contributed by atoms with van der Waals surface area (Å²) in [5.41, 5.74) is 5.22. The van der Waals surface area contributed by atoms with Crippen molar-refractivity contribution in [2.75, 3.05) is 6.61 Å². The first-order valence-corrected chi connectivity index (χ1v) is 12.2. The quantitative estimate of drug-likeness (QED) is 0.259. The highest BCUT2D eigenvalue weighted by Crippen LogP contribution is 2.29. The maximum absolute atomic E-state index is 14.7. The van der Waals surface area contributed by atoms with E-state index in [1.807, 2.05) is 24.3 Å². The van der Waals surface area contributed by atoms with E-state index in [2.05, 4.69) is 57.2 Å². The Hall–Kier alpha value is -2.61. The molecule has 170 valence electrons. The van der Waals surface area contributed by atoms with Gasteiger partial charge in [-0.1, -0.05) is 95.0 Å². The van der Waals surface area contributed by atoms with Crippen molar-refractivity contribution in [1.82, 2.24) is 0 Å². The van der Waals surface area contributed by atoms with Crippen LogP contribution in [0.3, 0.4) is 0 Å². The van der Waals surface area contributed by atoms with Gasteiger partial charge in [-0.15, -0.1) is 0 Å². The lowest BCUT2D eigenvalue weighted by Crippen LogP contribution is -1.97. The van der Waals surface area contributed by atoms with E-state index < -0.39 is 0 Å². The van der Waals surface area contributed by atoms with Crippen LogP contribution < -0.4 is 4.74 Å². The summed E-state index contributed by atoms with van der Waals surface area (Å²) in [7, 11) is 0. The standard InChI is InChI=1S/C30H37FO/c1-4-6-7-21-32-28-19-20-29(30(31)22-28)27-17-15-26(16-18-27)25-13-11-24(12-14-25)10-8-9-23(3)5-2/h11-20,22-23H,4-10,21H2,1-3H3. The summed E-state index contributed by atoms with van der Waals surface area (Å²) in [5.74, 6) is 1.17. The molecule has 0 saturated carbocycles. The van der Waals surface area contributed by atoms with Gasteiger partial charge in [0.15, 0.2) is 0 Å². The van der Waals surface area contributed by atoms with Gasteiger partial charge in [0, 0.05) is 11.6 Å². The minimum absolute atomic E-state index is 0.243. The molecule has 0 aliphatic carbocycles. The van der Waals surface area contributed by atoms with E-state index in [0.717, 1.165) is 42.7 Å². The molecule has 1 unspecified atom stereocenters. The van der Waals surface area contributed by atoms with Gasteiger partial charge >= 0.3 is 0 Å². The molecule has 32 heavy (non-hydrogen) atoms. The first-order chi connectivity index (χ1) is 15.6. The molecular formula is C30H37FO. The summed E-state index contributed by atoms with van der Waals surface area (Å²) >= 11 is 0. The van der Waals surface area contributed by atoms with Crippen molar-refractivity contribution in [2.24, 2.45) is 5.92 Å². The van der Waals surface area contributed by atoms with Crippen LogP contribution in [0.5, 0.6) is 5.75 Å². The van der Waals surface area contributed by atoms with Crippen molar-refractivity contribution in [3.63, 3.8) is 0 Å². The van der Waals surface area contributed by atoms with E-state index in [0.29, 0.717) is 17.9 Å². The Morgan fingerprint density at radius 3 is 2.06 bits per heavy atom. The number of aryl methyl sites for hydroxylation is 1. The molecule has 0 bridgehead atoms. The molecule has 3 aromatic carbocycles. The second-order valence-electron chi connectivity index (χ2n) is 8.88. The van der Waals surface area contributed by atoms with Gasteiger partial charge in [0.2, 0.25) is 0 Å². The van der Waals surface area contributed by atoms with Crippen LogP contribution in [0.25, 0.3) is 22.3 Å². The minimum atomic E-state index is -0.243. The molecule has 0 fully saturated rings. The predicted molar refractivity (Wildman–Crippen MR) is 135 cm³/mol. The molecular weight excluding hydrogens is 395 g/mol. The Kier molecular flexibility index (Phi) is 9.34. The van der Waals surface area contributed by atoms with Gasteiger partial charge in [-0.3, -0.25) is 0 Å². The highest BCUT2D eigenvalue weighted by molar-refractivity contribution is 5.71. The maximum atomic E-state index is 14.7. The monoisotopic (exact) mass is 432 g/mol. The second kappa shape index (κ2) is 12.4. The summed E-state index contributed by atoms with van der Waals surface area (Å²) < 4.78 is 20.3. The van der Waals surface area contributed by atoms with Crippen molar-refractivity contribution >= 4 is 0 Å². The average molecular weight is 433 g/mol. The first kappa shape index (κ1) is 24.0. The molecule has 0 amide bonds. The van der Waals surface area contributed by atoms with E-state index in [4.69, 9.17) is 4.74 Å². The molecule has 0 radical (unpaired) electrons. The molecule has 0 saturated heterocycles. The first-order valence-electron chi connectivity index (χ1n) is 12.2. The van der Waals surface area contributed by atoms with Crippen LogP contribution in [0.1, 0.15) is 64.9 Å². The summed E-state index contributed by atoms with van der Waals surface area (Å²) in [6, 6.07) is 22.2. The third-order valence-corrected chi connectivity index (χ3v) is 6.30. The zero-order valence-corrected chi connectivity index (χ0v) is 19.9. The topological polar surface area (TPSA) is 9.23 Å². The fourth-order valence-electron chi connectivity index (χ4n) is 3.93. The Balaban J connectivity index is 1.61. The molecule has 0 N–H and O–H groups in total. The smallest absolute Gasteiger partial charge is 0.134 e. The Morgan fingerprint density at radius 2 is 1.44 bits per heavy atom. The van der Waals surface area contributed by atoms with Crippen LogP contribution in [-0.2, 0) is 6.42 Å². The minimum Gasteiger partial charge on any atom is -0.493 e. The largest absolute Gasteiger partial charge is 0.493 e. The van der Waals surface area contributed by atoms with Gasteiger partial charge in [-0.25, -0.2) is 4.39 Å². The Bertz CT molecular complexity index is 944. The third-order valence-electron chi connectivity index (χ3n) is 6.30. The van der Waals surface area contributed by atoms with Gasteiger partial charge in [0.25, 0.3) is 0 Å². The van der Waals surface area contributed by atoms with Gasteiger partial charge < -0.3 is 4.74 Å². The zero-order chi connectivity index (χ0) is 22.8. The molecule has 1 nitrogen and oxygen atoms in total. The summed E-state index contributed by atoms with van der Waals surface area (Å²) in [5, 5.41) is 0. The summed E-state index contributed by atoms with van der Waals surface area (Å²) in [6.45, 7) is 7.39. The summed E-state index contributed by atoms with van der Waals surface area (Å²) in [6.07, 6.45) is 8.22. The lowest BCUT2D eigenvalue weighted by atomic mass is 9.97. The lowest BCUT2D eigenvalue weighted by Gasteiger charge is -2.10. The number of rotatable bonds is 12. The highest BCUT2D eigenvalue weighted by Gasteiger charge is 2.08. The number of benzene rings is 3. The van der Waals surface area contributed by atoms with Crippen molar-refractivity contribution < 1.29 is 9.13 Å². The van der Waals surface area contributed by atoms with Gasteiger partial charge in [0.05, 0.1) is 6.61 Å². The number of ether oxygens (including phenoxy) is 1. The van der Waals surface area contributed by atoms with Crippen LogP contribution >= 0.6 is 0 Å². The van der Waals surface area contributed by atoms with Crippen molar-refractivity contribution in [3.05, 3.63) is 78.1 Å². The normalized spacial score (nSPS) is 12.0. The molecule has 2 heteroatoms. The summed E-state index contributed by atoms with van der Waals surface area (Å²) in [4.78, 5) is 0. The Morgan fingerprint density at radius 1 is 0.781 bits per heavy atom. The van der Waals surface area contributed by atoms with E-state index in [1.54, 1.807) is 0 Å². The fraction of sp³-hybridized carbons (Fsp3) is 0.400. The third kappa shape index (κ3) is 6.95.